The van der Waals surface area contributed by atoms with E-state index in [1.54, 1.807) is 18.2 Å². The van der Waals surface area contributed by atoms with Crippen LogP contribution in [0.3, 0.4) is 0 Å². The Morgan fingerprint density at radius 2 is 1.53 bits per heavy atom. The van der Waals surface area contributed by atoms with Crippen molar-refractivity contribution in [2.24, 2.45) is 5.92 Å². The predicted octanol–water partition coefficient (Wildman–Crippen LogP) is 3.11. The summed E-state index contributed by atoms with van der Waals surface area (Å²) in [5.41, 5.74) is 0.859. The fourth-order valence-corrected chi connectivity index (χ4v) is 4.64. The molecule has 2 N–H and O–H groups in total. The summed E-state index contributed by atoms with van der Waals surface area (Å²) in [5, 5.41) is 7.59. The Morgan fingerprint density at radius 3 is 2.22 bits per heavy atom. The van der Waals surface area contributed by atoms with Gasteiger partial charge in [-0.05, 0) is 34.4 Å². The van der Waals surface area contributed by atoms with Crippen LogP contribution in [0.4, 0.5) is 0 Å². The molecule has 0 fully saturated rings. The Bertz CT molecular complexity index is 1190. The molecule has 2 amide bonds. The molecule has 0 aromatic heterocycles. The van der Waals surface area contributed by atoms with Crippen LogP contribution in [0.15, 0.2) is 77.7 Å². The maximum Gasteiger partial charge on any atom is 0.242 e. The molecule has 32 heavy (non-hydrogen) atoms. The molecule has 0 saturated heterocycles. The van der Waals surface area contributed by atoms with Crippen LogP contribution in [-0.2, 0) is 25.8 Å². The summed E-state index contributed by atoms with van der Waals surface area (Å²) in [5.74, 6) is -1.01. The molecule has 6 nitrogen and oxygen atoms in total. The Balaban J connectivity index is 1.56. The van der Waals surface area contributed by atoms with Gasteiger partial charge in [0.2, 0.25) is 11.8 Å². The minimum atomic E-state index is -3.49. The van der Waals surface area contributed by atoms with Crippen molar-refractivity contribution in [2.75, 3.05) is 12.3 Å². The van der Waals surface area contributed by atoms with Gasteiger partial charge in [0.1, 0.15) is 6.04 Å². The van der Waals surface area contributed by atoms with Crippen molar-refractivity contribution in [3.8, 4) is 0 Å². The number of rotatable bonds is 9. The summed E-state index contributed by atoms with van der Waals surface area (Å²) in [6.45, 7) is 3.64. The van der Waals surface area contributed by atoms with E-state index >= 15 is 0 Å². The van der Waals surface area contributed by atoms with E-state index in [2.05, 4.69) is 10.6 Å². The number of amides is 2. The lowest BCUT2D eigenvalue weighted by Gasteiger charge is -2.22. The van der Waals surface area contributed by atoms with Crippen LogP contribution >= 0.6 is 0 Å². The zero-order valence-electron chi connectivity index (χ0n) is 18.2. The molecular formula is C25H28N2O4S. The van der Waals surface area contributed by atoms with E-state index in [0.717, 1.165) is 16.3 Å². The zero-order valence-corrected chi connectivity index (χ0v) is 19.1. The normalized spacial score (nSPS) is 12.5. The molecule has 0 heterocycles. The van der Waals surface area contributed by atoms with Crippen LogP contribution in [0.1, 0.15) is 19.4 Å². The van der Waals surface area contributed by atoms with Crippen LogP contribution in [-0.4, -0.2) is 38.6 Å². The van der Waals surface area contributed by atoms with Crippen LogP contribution in [0.25, 0.3) is 10.8 Å². The smallest absolute Gasteiger partial charge is 0.242 e. The Labute approximate surface area is 189 Å². The van der Waals surface area contributed by atoms with E-state index in [0.29, 0.717) is 0 Å². The summed E-state index contributed by atoms with van der Waals surface area (Å²) in [4.78, 5) is 25.5. The monoisotopic (exact) mass is 452 g/mol. The molecule has 3 rings (SSSR count). The molecule has 0 saturated carbocycles. The zero-order chi connectivity index (χ0) is 23.1. The first kappa shape index (κ1) is 23.5. The van der Waals surface area contributed by atoms with Gasteiger partial charge in [0.15, 0.2) is 9.84 Å². The van der Waals surface area contributed by atoms with Gasteiger partial charge in [0.05, 0.1) is 17.1 Å². The van der Waals surface area contributed by atoms with Crippen LogP contribution in [0.2, 0.25) is 0 Å². The third-order valence-corrected chi connectivity index (χ3v) is 6.95. The quantitative estimate of drug-likeness (QED) is 0.522. The number of fused-ring (bicyclic) bond motifs is 1. The van der Waals surface area contributed by atoms with Gasteiger partial charge in [0.25, 0.3) is 0 Å². The third-order valence-electron chi connectivity index (χ3n) is 5.22. The molecular weight excluding hydrogens is 424 g/mol. The molecule has 0 radical (unpaired) electrons. The molecule has 0 bridgehead atoms. The summed E-state index contributed by atoms with van der Waals surface area (Å²) < 4.78 is 24.7. The van der Waals surface area contributed by atoms with Crippen molar-refractivity contribution in [3.63, 3.8) is 0 Å². The van der Waals surface area contributed by atoms with Gasteiger partial charge in [-0.25, -0.2) is 8.42 Å². The van der Waals surface area contributed by atoms with Gasteiger partial charge in [-0.2, -0.15) is 0 Å². The summed E-state index contributed by atoms with van der Waals surface area (Å²) in [6.07, 6.45) is 0.156. The number of carbonyl (C=O) groups is 2. The molecule has 3 aromatic carbocycles. The number of sulfone groups is 1. The minimum absolute atomic E-state index is 0.0280. The summed E-state index contributed by atoms with van der Waals surface area (Å²) in [7, 11) is -3.49. The standard InChI is InChI=1S/C25H28N2O4S/c1-18(2)24(25(29)26-14-15-32(30,31)22-10-4-3-5-11-22)27-23(28)17-19-12-13-20-8-6-7-9-21(20)16-19/h3-13,16,18,24H,14-15,17H2,1-2H3,(H,26,29)(H,27,28). The fourth-order valence-electron chi connectivity index (χ4n) is 3.46. The Hall–Kier alpha value is -3.19. The highest BCUT2D eigenvalue weighted by atomic mass is 32.2. The predicted molar refractivity (Wildman–Crippen MR) is 126 cm³/mol. The van der Waals surface area contributed by atoms with Crippen LogP contribution in [0, 0.1) is 5.92 Å². The molecule has 1 atom stereocenters. The fraction of sp³-hybridized carbons (Fsp3) is 0.280. The maximum absolute atomic E-state index is 12.6. The highest BCUT2D eigenvalue weighted by molar-refractivity contribution is 7.91. The van der Waals surface area contributed by atoms with Gasteiger partial charge < -0.3 is 10.6 Å². The SMILES string of the molecule is CC(C)C(NC(=O)Cc1ccc2ccccc2c1)C(=O)NCCS(=O)(=O)c1ccccc1. The molecule has 168 valence electrons. The number of hydrogen-bond donors (Lipinski definition) is 2. The van der Waals surface area contributed by atoms with Gasteiger partial charge in [-0.3, -0.25) is 9.59 Å². The van der Waals surface area contributed by atoms with Crippen molar-refractivity contribution in [3.05, 3.63) is 78.4 Å². The van der Waals surface area contributed by atoms with E-state index in [1.165, 1.54) is 12.1 Å². The average molecular weight is 453 g/mol. The second-order valence-electron chi connectivity index (χ2n) is 8.07. The largest absolute Gasteiger partial charge is 0.353 e. The topological polar surface area (TPSA) is 92.3 Å². The lowest BCUT2D eigenvalue weighted by Crippen LogP contribution is -2.50. The van der Waals surface area contributed by atoms with E-state index in [-0.39, 0.29) is 35.4 Å². The van der Waals surface area contributed by atoms with Crippen LogP contribution < -0.4 is 10.6 Å². The van der Waals surface area contributed by atoms with Gasteiger partial charge >= 0.3 is 0 Å². The van der Waals surface area contributed by atoms with Gasteiger partial charge in [0, 0.05) is 6.54 Å². The van der Waals surface area contributed by atoms with E-state index < -0.39 is 21.8 Å². The second kappa shape index (κ2) is 10.4. The first-order valence-corrected chi connectivity index (χ1v) is 12.2. The lowest BCUT2D eigenvalue weighted by molar-refractivity contribution is -0.129. The highest BCUT2D eigenvalue weighted by Crippen LogP contribution is 2.16. The van der Waals surface area contributed by atoms with E-state index in [4.69, 9.17) is 0 Å². The highest BCUT2D eigenvalue weighted by Gasteiger charge is 2.24. The number of benzene rings is 3. The molecule has 3 aromatic rings. The number of carbonyl (C=O) groups excluding carboxylic acids is 2. The Kier molecular flexibility index (Phi) is 7.64. The van der Waals surface area contributed by atoms with Gasteiger partial charge in [-0.15, -0.1) is 0 Å². The number of nitrogens with one attached hydrogen (secondary N) is 2. The van der Waals surface area contributed by atoms with Crippen molar-refractivity contribution >= 4 is 32.4 Å². The second-order valence-corrected chi connectivity index (χ2v) is 10.2. The van der Waals surface area contributed by atoms with E-state index in [9.17, 15) is 18.0 Å². The molecule has 0 aliphatic carbocycles. The molecule has 0 aliphatic heterocycles. The van der Waals surface area contributed by atoms with Crippen molar-refractivity contribution < 1.29 is 18.0 Å². The van der Waals surface area contributed by atoms with Crippen molar-refractivity contribution in [2.45, 2.75) is 31.2 Å². The van der Waals surface area contributed by atoms with Crippen molar-refractivity contribution in [1.82, 2.24) is 10.6 Å². The van der Waals surface area contributed by atoms with E-state index in [1.807, 2.05) is 56.3 Å². The summed E-state index contributed by atoms with van der Waals surface area (Å²) in [6, 6.07) is 21.1. The maximum atomic E-state index is 12.6. The first-order chi connectivity index (χ1) is 15.3. The first-order valence-electron chi connectivity index (χ1n) is 10.6. The summed E-state index contributed by atoms with van der Waals surface area (Å²) >= 11 is 0. The molecule has 0 spiro atoms. The third kappa shape index (κ3) is 6.17. The molecule has 1 unspecified atom stereocenters. The molecule has 7 heteroatoms. The van der Waals surface area contributed by atoms with Crippen molar-refractivity contribution in [1.29, 1.82) is 0 Å². The Morgan fingerprint density at radius 1 is 0.875 bits per heavy atom. The van der Waals surface area contributed by atoms with Crippen LogP contribution in [0.5, 0.6) is 0 Å². The minimum Gasteiger partial charge on any atom is -0.353 e. The number of hydrogen-bond acceptors (Lipinski definition) is 4. The van der Waals surface area contributed by atoms with Gasteiger partial charge in [-0.1, -0.05) is 74.5 Å². The molecule has 0 aliphatic rings. The average Bonchev–Trinajstić information content (AvgIpc) is 2.77. The lowest BCUT2D eigenvalue weighted by atomic mass is 10.0.